The lowest BCUT2D eigenvalue weighted by Gasteiger charge is -2.03. The number of carboxylic acids is 1. The van der Waals surface area contributed by atoms with Crippen LogP contribution < -0.4 is 0 Å². The standard InChI is InChI=1S/C10H12N2O2/c1-12-9(7-4-2-3-5-7)8(6-11-12)10(13)14/h4,6H,2-3,5H2,1H3,(H,13,14). The van der Waals surface area contributed by atoms with E-state index in [4.69, 9.17) is 5.11 Å². The predicted molar refractivity (Wildman–Crippen MR) is 52.0 cm³/mol. The molecule has 0 radical (unpaired) electrons. The lowest BCUT2D eigenvalue weighted by molar-refractivity contribution is 0.0696. The molecule has 0 aromatic carbocycles. The van der Waals surface area contributed by atoms with Crippen molar-refractivity contribution in [2.75, 3.05) is 0 Å². The number of allylic oxidation sites excluding steroid dienone is 2. The number of aromatic carboxylic acids is 1. The highest BCUT2D eigenvalue weighted by atomic mass is 16.4. The first-order chi connectivity index (χ1) is 6.70. The van der Waals surface area contributed by atoms with Crippen LogP contribution in [0.5, 0.6) is 0 Å². The van der Waals surface area contributed by atoms with Gasteiger partial charge in [-0.25, -0.2) is 4.79 Å². The Morgan fingerprint density at radius 3 is 3.00 bits per heavy atom. The van der Waals surface area contributed by atoms with E-state index in [1.54, 1.807) is 11.7 Å². The lowest BCUT2D eigenvalue weighted by atomic mass is 10.1. The van der Waals surface area contributed by atoms with Crippen LogP contribution in [0.15, 0.2) is 12.3 Å². The van der Waals surface area contributed by atoms with Crippen LogP contribution in [0.3, 0.4) is 0 Å². The summed E-state index contributed by atoms with van der Waals surface area (Å²) in [5, 5.41) is 12.9. The van der Waals surface area contributed by atoms with E-state index in [0.29, 0.717) is 5.56 Å². The molecule has 1 heterocycles. The monoisotopic (exact) mass is 192 g/mol. The highest BCUT2D eigenvalue weighted by Gasteiger charge is 2.19. The van der Waals surface area contributed by atoms with Gasteiger partial charge in [0.1, 0.15) is 5.56 Å². The van der Waals surface area contributed by atoms with E-state index >= 15 is 0 Å². The summed E-state index contributed by atoms with van der Waals surface area (Å²) >= 11 is 0. The number of aromatic nitrogens is 2. The molecule has 0 saturated heterocycles. The molecule has 0 atom stereocenters. The molecule has 2 rings (SSSR count). The number of carbonyl (C=O) groups is 1. The molecule has 1 aromatic rings. The molecule has 0 unspecified atom stereocenters. The maximum absolute atomic E-state index is 10.9. The molecular formula is C10H12N2O2. The fraction of sp³-hybridized carbons (Fsp3) is 0.400. The first-order valence-electron chi connectivity index (χ1n) is 4.65. The van der Waals surface area contributed by atoms with E-state index in [9.17, 15) is 4.79 Å². The van der Waals surface area contributed by atoms with Crippen LogP contribution in [0.2, 0.25) is 0 Å². The van der Waals surface area contributed by atoms with E-state index in [-0.39, 0.29) is 0 Å². The van der Waals surface area contributed by atoms with E-state index in [0.717, 1.165) is 30.5 Å². The Bertz CT molecular complexity index is 404. The smallest absolute Gasteiger partial charge is 0.339 e. The molecule has 1 aliphatic rings. The second-order valence-electron chi connectivity index (χ2n) is 3.46. The molecule has 0 aliphatic heterocycles. The zero-order valence-electron chi connectivity index (χ0n) is 8.03. The molecule has 1 aliphatic carbocycles. The highest BCUT2D eigenvalue weighted by molar-refractivity contribution is 5.93. The van der Waals surface area contributed by atoms with Crippen molar-refractivity contribution in [1.29, 1.82) is 0 Å². The van der Waals surface area contributed by atoms with Gasteiger partial charge in [0.25, 0.3) is 0 Å². The van der Waals surface area contributed by atoms with Crippen LogP contribution in [0.25, 0.3) is 5.57 Å². The van der Waals surface area contributed by atoms with Crippen molar-refractivity contribution in [3.05, 3.63) is 23.5 Å². The largest absolute Gasteiger partial charge is 0.478 e. The zero-order chi connectivity index (χ0) is 10.1. The first kappa shape index (κ1) is 8.99. The van der Waals surface area contributed by atoms with Gasteiger partial charge >= 0.3 is 5.97 Å². The normalized spacial score (nSPS) is 15.6. The third-order valence-corrected chi connectivity index (χ3v) is 2.51. The second-order valence-corrected chi connectivity index (χ2v) is 3.46. The average molecular weight is 192 g/mol. The Morgan fingerprint density at radius 2 is 2.43 bits per heavy atom. The van der Waals surface area contributed by atoms with Crippen LogP contribution in [-0.2, 0) is 7.05 Å². The summed E-state index contributed by atoms with van der Waals surface area (Å²) in [6.07, 6.45) is 6.62. The summed E-state index contributed by atoms with van der Waals surface area (Å²) in [7, 11) is 1.78. The molecular weight excluding hydrogens is 180 g/mol. The van der Waals surface area contributed by atoms with Crippen molar-refractivity contribution >= 4 is 11.5 Å². The quantitative estimate of drug-likeness (QED) is 0.775. The van der Waals surface area contributed by atoms with Gasteiger partial charge in [-0.15, -0.1) is 0 Å². The summed E-state index contributed by atoms with van der Waals surface area (Å²) in [5.41, 5.74) is 2.18. The Hall–Kier alpha value is -1.58. The maximum Gasteiger partial charge on any atom is 0.339 e. The van der Waals surface area contributed by atoms with Gasteiger partial charge in [0.05, 0.1) is 11.9 Å². The summed E-state index contributed by atoms with van der Waals surface area (Å²) in [4.78, 5) is 10.9. The molecule has 4 nitrogen and oxygen atoms in total. The molecule has 0 saturated carbocycles. The minimum atomic E-state index is -0.902. The van der Waals surface area contributed by atoms with Crippen LogP contribution in [0.4, 0.5) is 0 Å². The topological polar surface area (TPSA) is 55.1 Å². The highest BCUT2D eigenvalue weighted by Crippen LogP contribution is 2.29. The van der Waals surface area contributed by atoms with Crippen molar-refractivity contribution < 1.29 is 9.90 Å². The summed E-state index contributed by atoms with van der Waals surface area (Å²) in [5.74, 6) is -0.902. The van der Waals surface area contributed by atoms with Gasteiger partial charge in [-0.1, -0.05) is 6.08 Å². The molecule has 0 bridgehead atoms. The summed E-state index contributed by atoms with van der Waals surface area (Å²) in [6, 6.07) is 0. The molecule has 0 spiro atoms. The van der Waals surface area contributed by atoms with Crippen molar-refractivity contribution in [3.8, 4) is 0 Å². The number of hydrogen-bond donors (Lipinski definition) is 1. The number of hydrogen-bond acceptors (Lipinski definition) is 2. The Balaban J connectivity index is 2.49. The van der Waals surface area contributed by atoms with Crippen LogP contribution in [-0.4, -0.2) is 20.9 Å². The molecule has 0 amide bonds. The van der Waals surface area contributed by atoms with E-state index in [2.05, 4.69) is 11.2 Å². The molecule has 1 N–H and O–H groups in total. The third-order valence-electron chi connectivity index (χ3n) is 2.51. The second kappa shape index (κ2) is 3.29. The third kappa shape index (κ3) is 1.32. The van der Waals surface area contributed by atoms with Crippen LogP contribution in [0.1, 0.15) is 35.3 Å². The fourth-order valence-electron chi connectivity index (χ4n) is 1.86. The summed E-state index contributed by atoms with van der Waals surface area (Å²) < 4.78 is 1.64. The van der Waals surface area contributed by atoms with Crippen molar-refractivity contribution in [3.63, 3.8) is 0 Å². The maximum atomic E-state index is 10.9. The molecule has 0 fully saturated rings. The fourth-order valence-corrected chi connectivity index (χ4v) is 1.86. The predicted octanol–water partition coefficient (Wildman–Crippen LogP) is 1.69. The first-order valence-corrected chi connectivity index (χ1v) is 4.65. The minimum Gasteiger partial charge on any atom is -0.478 e. The van der Waals surface area contributed by atoms with Crippen molar-refractivity contribution in [2.24, 2.45) is 7.05 Å². The zero-order valence-corrected chi connectivity index (χ0v) is 8.03. The van der Waals surface area contributed by atoms with E-state index in [1.165, 1.54) is 6.20 Å². The van der Waals surface area contributed by atoms with Crippen LogP contribution in [0, 0.1) is 0 Å². The molecule has 74 valence electrons. The number of nitrogens with zero attached hydrogens (tertiary/aromatic N) is 2. The molecule has 14 heavy (non-hydrogen) atoms. The minimum absolute atomic E-state index is 0.306. The van der Waals surface area contributed by atoms with Gasteiger partial charge in [0, 0.05) is 7.05 Å². The lowest BCUT2D eigenvalue weighted by Crippen LogP contribution is -2.03. The van der Waals surface area contributed by atoms with E-state index in [1.807, 2.05) is 0 Å². The Morgan fingerprint density at radius 1 is 1.64 bits per heavy atom. The summed E-state index contributed by atoms with van der Waals surface area (Å²) in [6.45, 7) is 0. The van der Waals surface area contributed by atoms with Gasteiger partial charge in [-0.05, 0) is 24.8 Å². The number of carboxylic acid groups (broad SMARTS) is 1. The van der Waals surface area contributed by atoms with Gasteiger partial charge in [0.2, 0.25) is 0 Å². The molecule has 4 heteroatoms. The van der Waals surface area contributed by atoms with Gasteiger partial charge < -0.3 is 5.11 Å². The SMILES string of the molecule is Cn1ncc(C(=O)O)c1C1=CCCC1. The average Bonchev–Trinajstić information content (AvgIpc) is 2.71. The number of aryl methyl sites for hydroxylation is 1. The van der Waals surface area contributed by atoms with Crippen LogP contribution >= 0.6 is 0 Å². The van der Waals surface area contributed by atoms with Crippen molar-refractivity contribution in [1.82, 2.24) is 9.78 Å². The Kier molecular flexibility index (Phi) is 2.11. The van der Waals surface area contributed by atoms with Crippen molar-refractivity contribution in [2.45, 2.75) is 19.3 Å². The van der Waals surface area contributed by atoms with Gasteiger partial charge in [0.15, 0.2) is 0 Å². The van der Waals surface area contributed by atoms with E-state index < -0.39 is 5.97 Å². The van der Waals surface area contributed by atoms with Gasteiger partial charge in [-0.2, -0.15) is 5.10 Å². The Labute approximate surface area is 81.9 Å². The van der Waals surface area contributed by atoms with Gasteiger partial charge in [-0.3, -0.25) is 4.68 Å². The number of rotatable bonds is 2. The molecule has 1 aromatic heterocycles.